The molecule has 8 heteroatoms. The second-order valence-corrected chi connectivity index (χ2v) is 8.81. The summed E-state index contributed by atoms with van der Waals surface area (Å²) < 4.78 is 30.2. The summed E-state index contributed by atoms with van der Waals surface area (Å²) in [6, 6.07) is 19.8. The highest BCUT2D eigenvalue weighted by molar-refractivity contribution is 5.99. The Kier molecular flexibility index (Phi) is 6.33. The summed E-state index contributed by atoms with van der Waals surface area (Å²) in [6.45, 7) is 1.41. The van der Waals surface area contributed by atoms with Crippen LogP contribution in [0.15, 0.2) is 79.0 Å². The molecule has 1 saturated carbocycles. The first-order chi connectivity index (χ1) is 17.4. The molecule has 1 N–H and O–H groups in total. The van der Waals surface area contributed by atoms with Crippen LogP contribution in [0, 0.1) is 18.6 Å². The molecule has 3 aromatic carbocycles. The van der Waals surface area contributed by atoms with Crippen LogP contribution < -0.4 is 5.32 Å². The molecule has 1 fully saturated rings. The normalized spacial score (nSPS) is 12.9. The van der Waals surface area contributed by atoms with E-state index < -0.39 is 17.6 Å². The van der Waals surface area contributed by atoms with Gasteiger partial charge in [-0.25, -0.2) is 13.8 Å². The number of aromatic nitrogens is 2. The Hall–Kier alpha value is -4.33. The predicted molar refractivity (Wildman–Crippen MR) is 133 cm³/mol. The van der Waals surface area contributed by atoms with Crippen LogP contribution in [0.25, 0.3) is 16.9 Å². The van der Waals surface area contributed by atoms with Gasteiger partial charge in [0.15, 0.2) is 0 Å². The topological polar surface area (TPSA) is 67.2 Å². The van der Waals surface area contributed by atoms with Crippen LogP contribution in [0.2, 0.25) is 0 Å². The maximum absolute atomic E-state index is 14.3. The number of benzene rings is 3. The molecule has 0 bridgehead atoms. The van der Waals surface area contributed by atoms with E-state index in [-0.39, 0.29) is 29.9 Å². The van der Waals surface area contributed by atoms with Crippen molar-refractivity contribution in [3.05, 3.63) is 102 Å². The first-order valence-corrected chi connectivity index (χ1v) is 11.7. The van der Waals surface area contributed by atoms with E-state index in [0.29, 0.717) is 16.9 Å². The summed E-state index contributed by atoms with van der Waals surface area (Å²) in [4.78, 5) is 32.1. The molecular formula is C28H24F2N4O2. The summed E-state index contributed by atoms with van der Waals surface area (Å²) in [6.07, 6.45) is 3.23. The van der Waals surface area contributed by atoms with Crippen LogP contribution in [0.3, 0.4) is 0 Å². The predicted octanol–water partition coefficient (Wildman–Crippen LogP) is 5.37. The fourth-order valence-electron chi connectivity index (χ4n) is 4.01. The molecule has 0 spiro atoms. The van der Waals surface area contributed by atoms with E-state index >= 15 is 0 Å². The Morgan fingerprint density at radius 3 is 2.42 bits per heavy atom. The first kappa shape index (κ1) is 23.4. The number of carbonyl (C=O) groups excluding carboxylic acids is 2. The van der Waals surface area contributed by atoms with Gasteiger partial charge in [-0.05, 0) is 49.6 Å². The molecule has 6 nitrogen and oxygen atoms in total. The van der Waals surface area contributed by atoms with Gasteiger partial charge in [0.25, 0.3) is 5.91 Å². The SMILES string of the molecule is Cc1ccc(-n2cc(-c3ccccc3)nc2NC(=O)CN(C(=O)c2ccccc2F)C2CC2)cc1F. The zero-order valence-corrected chi connectivity index (χ0v) is 19.6. The maximum atomic E-state index is 14.3. The zero-order chi connectivity index (χ0) is 25.2. The molecule has 0 aliphatic heterocycles. The van der Waals surface area contributed by atoms with E-state index in [2.05, 4.69) is 10.3 Å². The molecule has 182 valence electrons. The van der Waals surface area contributed by atoms with Crippen molar-refractivity contribution in [3.63, 3.8) is 0 Å². The van der Waals surface area contributed by atoms with Gasteiger partial charge < -0.3 is 4.90 Å². The third kappa shape index (κ3) is 4.88. The van der Waals surface area contributed by atoms with Gasteiger partial charge in [-0.3, -0.25) is 19.5 Å². The number of aryl methyl sites for hydroxylation is 1. The molecular weight excluding hydrogens is 462 g/mol. The third-order valence-corrected chi connectivity index (χ3v) is 6.13. The number of halogens is 2. The number of anilines is 1. The van der Waals surface area contributed by atoms with E-state index in [0.717, 1.165) is 18.4 Å². The molecule has 1 aliphatic carbocycles. The number of nitrogens with zero attached hydrogens (tertiary/aromatic N) is 3. The van der Waals surface area contributed by atoms with Crippen LogP contribution in [0.5, 0.6) is 0 Å². The number of amides is 2. The minimum atomic E-state index is -0.627. The Labute approximate surface area is 207 Å². The minimum absolute atomic E-state index is 0.0693. The van der Waals surface area contributed by atoms with Crippen molar-refractivity contribution in [2.75, 3.05) is 11.9 Å². The Morgan fingerprint density at radius 1 is 1.00 bits per heavy atom. The smallest absolute Gasteiger partial charge is 0.257 e. The van der Waals surface area contributed by atoms with Gasteiger partial charge in [0.1, 0.15) is 18.2 Å². The average Bonchev–Trinajstić information content (AvgIpc) is 3.64. The van der Waals surface area contributed by atoms with Gasteiger partial charge in [0.2, 0.25) is 11.9 Å². The summed E-state index contributed by atoms with van der Waals surface area (Å²) in [5, 5.41) is 2.77. The second-order valence-electron chi connectivity index (χ2n) is 8.81. The van der Waals surface area contributed by atoms with Crippen molar-refractivity contribution >= 4 is 17.8 Å². The first-order valence-electron chi connectivity index (χ1n) is 11.7. The number of nitrogens with one attached hydrogen (secondary N) is 1. The molecule has 1 heterocycles. The van der Waals surface area contributed by atoms with Crippen LogP contribution in [-0.2, 0) is 4.79 Å². The molecule has 0 unspecified atom stereocenters. The molecule has 0 saturated heterocycles. The van der Waals surface area contributed by atoms with Crippen molar-refractivity contribution in [3.8, 4) is 16.9 Å². The number of rotatable bonds is 7. The van der Waals surface area contributed by atoms with Crippen LogP contribution in [0.1, 0.15) is 28.8 Å². The molecule has 2 amide bonds. The standard InChI is InChI=1S/C28H24F2N4O2/c1-18-11-12-21(15-24(18)30)34-16-25(19-7-3-2-4-8-19)31-28(34)32-26(35)17-33(20-13-14-20)27(36)22-9-5-6-10-23(22)29/h2-12,15-16,20H,13-14,17H2,1H3,(H,31,32,35). The Morgan fingerprint density at radius 2 is 1.72 bits per heavy atom. The van der Waals surface area contributed by atoms with E-state index in [9.17, 15) is 18.4 Å². The molecule has 0 atom stereocenters. The summed E-state index contributed by atoms with van der Waals surface area (Å²) in [7, 11) is 0. The summed E-state index contributed by atoms with van der Waals surface area (Å²) >= 11 is 0. The van der Waals surface area contributed by atoms with Gasteiger partial charge >= 0.3 is 0 Å². The lowest BCUT2D eigenvalue weighted by molar-refractivity contribution is -0.117. The highest BCUT2D eigenvalue weighted by Crippen LogP contribution is 2.29. The van der Waals surface area contributed by atoms with Crippen LogP contribution in [-0.4, -0.2) is 38.9 Å². The molecule has 0 radical (unpaired) electrons. The lowest BCUT2D eigenvalue weighted by Crippen LogP contribution is -2.40. The highest BCUT2D eigenvalue weighted by Gasteiger charge is 2.35. The number of hydrogen-bond donors (Lipinski definition) is 1. The van der Waals surface area contributed by atoms with Crippen LogP contribution >= 0.6 is 0 Å². The van der Waals surface area contributed by atoms with Gasteiger partial charge in [0, 0.05) is 17.8 Å². The molecule has 1 aromatic heterocycles. The van der Waals surface area contributed by atoms with Gasteiger partial charge in [-0.2, -0.15) is 0 Å². The fraction of sp³-hybridized carbons (Fsp3) is 0.179. The fourth-order valence-corrected chi connectivity index (χ4v) is 4.01. The van der Waals surface area contributed by atoms with E-state index in [1.165, 1.54) is 29.2 Å². The lowest BCUT2D eigenvalue weighted by Gasteiger charge is -2.22. The van der Waals surface area contributed by atoms with Crippen molar-refractivity contribution in [2.45, 2.75) is 25.8 Å². The molecule has 5 rings (SSSR count). The van der Waals surface area contributed by atoms with Crippen molar-refractivity contribution in [1.29, 1.82) is 0 Å². The van der Waals surface area contributed by atoms with Crippen molar-refractivity contribution in [2.24, 2.45) is 0 Å². The Bertz CT molecular complexity index is 1430. The van der Waals surface area contributed by atoms with Crippen molar-refractivity contribution < 1.29 is 18.4 Å². The monoisotopic (exact) mass is 486 g/mol. The van der Waals surface area contributed by atoms with Gasteiger partial charge in [-0.15, -0.1) is 0 Å². The quantitative estimate of drug-likeness (QED) is 0.382. The average molecular weight is 487 g/mol. The Balaban J connectivity index is 1.43. The zero-order valence-electron chi connectivity index (χ0n) is 19.6. The largest absolute Gasteiger partial charge is 0.326 e. The number of imidazole rings is 1. The second kappa shape index (κ2) is 9.73. The minimum Gasteiger partial charge on any atom is -0.326 e. The lowest BCUT2D eigenvalue weighted by atomic mass is 10.2. The number of carbonyl (C=O) groups is 2. The maximum Gasteiger partial charge on any atom is 0.257 e. The molecule has 1 aliphatic rings. The molecule has 36 heavy (non-hydrogen) atoms. The van der Waals surface area contributed by atoms with E-state index in [1.807, 2.05) is 30.3 Å². The molecule has 4 aromatic rings. The van der Waals surface area contributed by atoms with E-state index in [4.69, 9.17) is 0 Å². The van der Waals surface area contributed by atoms with Crippen molar-refractivity contribution in [1.82, 2.24) is 14.5 Å². The third-order valence-electron chi connectivity index (χ3n) is 6.13. The van der Waals surface area contributed by atoms with Gasteiger partial charge in [0.05, 0.1) is 16.9 Å². The van der Waals surface area contributed by atoms with E-state index in [1.54, 1.807) is 35.9 Å². The van der Waals surface area contributed by atoms with Crippen LogP contribution in [0.4, 0.5) is 14.7 Å². The summed E-state index contributed by atoms with van der Waals surface area (Å²) in [5.74, 6) is -1.82. The highest BCUT2D eigenvalue weighted by atomic mass is 19.1. The summed E-state index contributed by atoms with van der Waals surface area (Å²) in [5.41, 5.74) is 2.34. The number of hydrogen-bond acceptors (Lipinski definition) is 3. The van der Waals surface area contributed by atoms with Gasteiger partial charge in [-0.1, -0.05) is 48.5 Å².